The van der Waals surface area contributed by atoms with Gasteiger partial charge in [-0.25, -0.2) is 4.99 Å². The van der Waals surface area contributed by atoms with Crippen molar-refractivity contribution in [3.8, 4) is 33.8 Å². The molecule has 0 saturated heterocycles. The van der Waals surface area contributed by atoms with Gasteiger partial charge in [0.25, 0.3) is 0 Å². The lowest BCUT2D eigenvalue weighted by Crippen LogP contribution is -2.32. The second-order valence-corrected chi connectivity index (χ2v) is 17.1. The van der Waals surface area contributed by atoms with Crippen molar-refractivity contribution in [2.45, 2.75) is 70.8 Å². The van der Waals surface area contributed by atoms with Gasteiger partial charge in [0.2, 0.25) is 0 Å². The fourth-order valence-corrected chi connectivity index (χ4v) is 9.73. The first-order valence-corrected chi connectivity index (χ1v) is 21.2. The van der Waals surface area contributed by atoms with E-state index in [9.17, 15) is 0 Å². The first-order chi connectivity index (χ1) is 28.8. The molecular weight excluding hydrogens is 719 g/mol. The minimum Gasteiger partial charge on any atom is -0.457 e. The van der Waals surface area contributed by atoms with E-state index in [1.165, 1.54) is 50.1 Å². The summed E-state index contributed by atoms with van der Waals surface area (Å²) >= 11 is 0. The van der Waals surface area contributed by atoms with E-state index in [1.807, 2.05) is 0 Å². The molecule has 0 radical (unpaired) electrons. The summed E-state index contributed by atoms with van der Waals surface area (Å²) in [6.07, 6.45) is 1.81. The van der Waals surface area contributed by atoms with Crippen LogP contribution >= 0.6 is 0 Å². The van der Waals surface area contributed by atoms with Crippen LogP contribution in [0.15, 0.2) is 168 Å². The van der Waals surface area contributed by atoms with E-state index in [2.05, 4.69) is 192 Å². The predicted octanol–water partition coefficient (Wildman–Crippen LogP) is 13.9. The number of aliphatic imine (C=N–C) groups is 2. The number of pyridine rings is 1. The number of benzene rings is 6. The maximum Gasteiger partial charge on any atom is 0.155 e. The van der Waals surface area contributed by atoms with Crippen LogP contribution in [0.4, 0.5) is 0 Å². The van der Waals surface area contributed by atoms with Crippen LogP contribution < -0.4 is 4.74 Å². The molecule has 2 unspecified atom stereocenters. The van der Waals surface area contributed by atoms with Gasteiger partial charge in [-0.2, -0.15) is 0 Å². The van der Waals surface area contributed by atoms with E-state index < -0.39 is 5.41 Å². The Labute approximate surface area is 348 Å². The third-order valence-electron chi connectivity index (χ3n) is 12.7. The Bertz CT molecular complexity index is 2730. The molecular formula is C55H49N3O. The third-order valence-corrected chi connectivity index (χ3v) is 12.7. The van der Waals surface area contributed by atoms with Crippen LogP contribution in [-0.2, 0) is 5.41 Å². The number of amidine groups is 1. The standard InChI is InChI=1S/C55H49N3O/c1-34(2)48-32-30-41(52(56-48)35(3)4)37-24-26-38(27-25-37)49-31-23-36(5)53(58-54(57-49)39-15-7-6-8-16-39)40-28-29-43-42-17-9-10-18-44(42)55(47(43)33-40)45-19-11-13-21-50(45)59-51-22-14-12-20-46(51)55/h6-22,24-30,32-36,53H,23,31H2,1-5H3/b57-49+,58-54-. The Hall–Kier alpha value is -6.39. The third kappa shape index (κ3) is 6.16. The molecule has 1 spiro atoms. The van der Waals surface area contributed by atoms with Gasteiger partial charge in [0, 0.05) is 27.9 Å². The maximum atomic E-state index is 6.61. The van der Waals surface area contributed by atoms with Gasteiger partial charge >= 0.3 is 0 Å². The lowest BCUT2D eigenvalue weighted by atomic mass is 9.66. The summed E-state index contributed by atoms with van der Waals surface area (Å²) in [5.74, 6) is 3.55. The minimum atomic E-state index is -0.524. The molecule has 0 fully saturated rings. The van der Waals surface area contributed by atoms with Crippen LogP contribution in [0, 0.1) is 5.92 Å². The largest absolute Gasteiger partial charge is 0.457 e. The van der Waals surface area contributed by atoms with Crippen molar-refractivity contribution >= 4 is 11.5 Å². The molecule has 2 aliphatic heterocycles. The lowest BCUT2D eigenvalue weighted by Gasteiger charge is -2.39. The quantitative estimate of drug-likeness (QED) is 0.169. The molecule has 4 heteroatoms. The number of aromatic nitrogens is 1. The number of hydrogen-bond donors (Lipinski definition) is 0. The first-order valence-electron chi connectivity index (χ1n) is 21.2. The van der Waals surface area contributed by atoms with Crippen molar-refractivity contribution in [3.05, 3.63) is 208 Å². The topological polar surface area (TPSA) is 46.8 Å². The van der Waals surface area contributed by atoms with Gasteiger partial charge in [-0.05, 0) is 87.7 Å². The van der Waals surface area contributed by atoms with Gasteiger partial charge in [-0.1, -0.05) is 174 Å². The van der Waals surface area contributed by atoms with Crippen molar-refractivity contribution in [3.63, 3.8) is 0 Å². The molecule has 10 rings (SSSR count). The van der Waals surface area contributed by atoms with E-state index in [0.717, 1.165) is 58.4 Å². The average molecular weight is 768 g/mol. The molecule has 2 atom stereocenters. The Morgan fingerprint density at radius 3 is 1.86 bits per heavy atom. The van der Waals surface area contributed by atoms with Crippen molar-refractivity contribution < 1.29 is 4.74 Å². The summed E-state index contributed by atoms with van der Waals surface area (Å²) in [6.45, 7) is 11.2. The molecule has 0 bridgehead atoms. The molecule has 3 heterocycles. The lowest BCUT2D eigenvalue weighted by molar-refractivity contribution is 0.434. The molecule has 290 valence electrons. The highest BCUT2D eigenvalue weighted by molar-refractivity contribution is 6.12. The molecule has 1 aromatic heterocycles. The zero-order valence-corrected chi connectivity index (χ0v) is 34.5. The van der Waals surface area contributed by atoms with Crippen LogP contribution in [0.25, 0.3) is 22.3 Å². The molecule has 0 amide bonds. The highest BCUT2D eigenvalue weighted by Gasteiger charge is 2.51. The van der Waals surface area contributed by atoms with Gasteiger partial charge in [0.05, 0.1) is 22.9 Å². The maximum absolute atomic E-state index is 6.61. The SMILES string of the molecule is CC(C)c1ccc(-c2ccc(/C3=N/C(c4ccccc4)=N\C(c4ccc5c(c4)C4(c6ccccc6Oc6ccccc64)c4ccccc4-5)C(C)CC3)cc2)c(C(C)C)n1. The normalized spacial score (nSPS) is 19.3. The number of hydrogen-bond acceptors (Lipinski definition) is 4. The number of ether oxygens (including phenoxy) is 1. The fourth-order valence-electron chi connectivity index (χ4n) is 9.73. The number of rotatable bonds is 6. The zero-order valence-electron chi connectivity index (χ0n) is 34.5. The summed E-state index contributed by atoms with van der Waals surface area (Å²) in [5, 5.41) is 0. The van der Waals surface area contributed by atoms with Crippen LogP contribution in [0.1, 0.15) is 116 Å². The van der Waals surface area contributed by atoms with E-state index in [-0.39, 0.29) is 12.0 Å². The van der Waals surface area contributed by atoms with Crippen LogP contribution in [0.3, 0.4) is 0 Å². The number of nitrogens with zero attached hydrogens (tertiary/aromatic N) is 3. The van der Waals surface area contributed by atoms with E-state index in [0.29, 0.717) is 11.8 Å². The highest BCUT2D eigenvalue weighted by Crippen LogP contribution is 2.62. The van der Waals surface area contributed by atoms with Crippen LogP contribution in [0.2, 0.25) is 0 Å². The summed E-state index contributed by atoms with van der Waals surface area (Å²) in [7, 11) is 0. The molecule has 1 aliphatic carbocycles. The second kappa shape index (κ2) is 14.8. The van der Waals surface area contributed by atoms with Crippen molar-refractivity contribution in [2.75, 3.05) is 0 Å². The van der Waals surface area contributed by atoms with E-state index in [4.69, 9.17) is 19.7 Å². The van der Waals surface area contributed by atoms with E-state index >= 15 is 0 Å². The van der Waals surface area contributed by atoms with Crippen LogP contribution in [-0.4, -0.2) is 16.5 Å². The molecule has 59 heavy (non-hydrogen) atoms. The van der Waals surface area contributed by atoms with E-state index in [1.54, 1.807) is 0 Å². The minimum absolute atomic E-state index is 0.0926. The van der Waals surface area contributed by atoms with Gasteiger partial charge in [0.15, 0.2) is 5.84 Å². The predicted molar refractivity (Wildman–Crippen MR) is 242 cm³/mol. The Kier molecular flexibility index (Phi) is 9.24. The molecule has 4 nitrogen and oxygen atoms in total. The summed E-state index contributed by atoms with van der Waals surface area (Å²) in [4.78, 5) is 16.2. The first kappa shape index (κ1) is 36.9. The van der Waals surface area contributed by atoms with Crippen LogP contribution in [0.5, 0.6) is 11.5 Å². The molecule has 3 aliphatic rings. The number of para-hydroxylation sites is 2. The Balaban J connectivity index is 1.09. The smallest absolute Gasteiger partial charge is 0.155 e. The Morgan fingerprint density at radius 2 is 1.17 bits per heavy atom. The van der Waals surface area contributed by atoms with Gasteiger partial charge in [0.1, 0.15) is 11.5 Å². The molecule has 0 N–H and O–H groups in total. The van der Waals surface area contributed by atoms with Crippen molar-refractivity contribution in [1.82, 2.24) is 4.98 Å². The zero-order chi connectivity index (χ0) is 40.3. The molecule has 7 aromatic rings. The van der Waals surface area contributed by atoms with Crippen molar-refractivity contribution in [2.24, 2.45) is 15.9 Å². The number of fused-ring (bicyclic) bond motifs is 9. The van der Waals surface area contributed by atoms with Gasteiger partial charge < -0.3 is 4.74 Å². The second-order valence-electron chi connectivity index (χ2n) is 17.1. The Morgan fingerprint density at radius 1 is 0.559 bits per heavy atom. The monoisotopic (exact) mass is 767 g/mol. The molecule has 6 aromatic carbocycles. The van der Waals surface area contributed by atoms with Gasteiger partial charge in [-0.3, -0.25) is 9.98 Å². The summed E-state index contributed by atoms with van der Waals surface area (Å²) in [6, 6.07) is 57.0. The summed E-state index contributed by atoms with van der Waals surface area (Å²) < 4.78 is 6.61. The van der Waals surface area contributed by atoms with Gasteiger partial charge in [-0.15, -0.1) is 0 Å². The van der Waals surface area contributed by atoms with Crippen molar-refractivity contribution in [1.29, 1.82) is 0 Å². The fraction of sp³-hybridized carbons (Fsp3) is 0.218. The molecule has 0 saturated carbocycles. The average Bonchev–Trinajstić information content (AvgIpc) is 3.55. The summed E-state index contributed by atoms with van der Waals surface area (Å²) in [5.41, 5.74) is 16.0. The highest BCUT2D eigenvalue weighted by atomic mass is 16.5.